The van der Waals surface area contributed by atoms with E-state index in [1.165, 1.54) is 6.07 Å². The van der Waals surface area contributed by atoms with Gasteiger partial charge in [-0.3, -0.25) is 4.90 Å². The van der Waals surface area contributed by atoms with Gasteiger partial charge in [0.2, 0.25) is 0 Å². The summed E-state index contributed by atoms with van der Waals surface area (Å²) in [6.07, 6.45) is 2.22. The third-order valence-corrected chi connectivity index (χ3v) is 7.74. The number of fused-ring (bicyclic) bond motifs is 3. The molecule has 5 rings (SSSR count). The van der Waals surface area contributed by atoms with Crippen LogP contribution in [0.5, 0.6) is 0 Å². The van der Waals surface area contributed by atoms with Gasteiger partial charge in [0.15, 0.2) is 0 Å². The maximum atomic E-state index is 15.5. The van der Waals surface area contributed by atoms with Crippen LogP contribution in [0.3, 0.4) is 0 Å². The van der Waals surface area contributed by atoms with Gasteiger partial charge >= 0.3 is 12.2 Å². The molecule has 3 unspecified atom stereocenters. The number of ether oxygens (including phenoxy) is 2. The lowest BCUT2D eigenvalue weighted by atomic mass is 9.84. The van der Waals surface area contributed by atoms with Gasteiger partial charge in [-0.2, -0.15) is 5.26 Å². The molecule has 2 bridgehead atoms. The quantitative estimate of drug-likeness (QED) is 0.589. The molecule has 1 aliphatic carbocycles. The van der Waals surface area contributed by atoms with Crippen molar-refractivity contribution in [2.75, 3.05) is 18.0 Å². The number of nitrogens with one attached hydrogen (secondary N) is 1. The standard InChI is InChI=1S/C30H35FN4O4/c1-30(2,3)39-29(37)35-21-10-11-22(35)17-34(16-21)27-14-26(31)24-13-20(9-12-23(24)25(27)15-32)33-28(36)38-18-19-7-5-4-6-8-19/h4-8,14,20-22H,9-13,16-18H2,1-3H3,(H,33,36). The van der Waals surface area contributed by atoms with Gasteiger partial charge in [0, 0.05) is 19.1 Å². The van der Waals surface area contributed by atoms with Crippen LogP contribution in [0.1, 0.15) is 62.3 Å². The molecule has 8 nitrogen and oxygen atoms in total. The molecule has 2 heterocycles. The first-order valence-corrected chi connectivity index (χ1v) is 13.6. The second-order valence-electron chi connectivity index (χ2n) is 11.6. The van der Waals surface area contributed by atoms with Gasteiger partial charge in [0.05, 0.1) is 23.3 Å². The summed E-state index contributed by atoms with van der Waals surface area (Å²) in [4.78, 5) is 29.1. The molecule has 2 saturated heterocycles. The van der Waals surface area contributed by atoms with Crippen LogP contribution in [0.25, 0.3) is 0 Å². The van der Waals surface area contributed by atoms with Gasteiger partial charge in [-0.1, -0.05) is 30.3 Å². The Kier molecular flexibility index (Phi) is 7.39. The molecule has 0 saturated carbocycles. The molecule has 2 amide bonds. The Morgan fingerprint density at radius 1 is 1.10 bits per heavy atom. The predicted molar refractivity (Wildman–Crippen MR) is 144 cm³/mol. The monoisotopic (exact) mass is 534 g/mol. The lowest BCUT2D eigenvalue weighted by Gasteiger charge is -2.43. The van der Waals surface area contributed by atoms with Gasteiger partial charge in [-0.25, -0.2) is 14.0 Å². The minimum atomic E-state index is -0.575. The van der Waals surface area contributed by atoms with Crippen molar-refractivity contribution in [3.63, 3.8) is 0 Å². The van der Waals surface area contributed by atoms with E-state index in [2.05, 4.69) is 16.3 Å². The fourth-order valence-corrected chi connectivity index (χ4v) is 6.03. The number of carbonyl (C=O) groups is 2. The highest BCUT2D eigenvalue weighted by Crippen LogP contribution is 2.38. The molecule has 0 radical (unpaired) electrons. The average molecular weight is 535 g/mol. The topological polar surface area (TPSA) is 94.9 Å². The Balaban J connectivity index is 1.27. The first-order valence-electron chi connectivity index (χ1n) is 13.6. The smallest absolute Gasteiger partial charge is 0.410 e. The van der Waals surface area contributed by atoms with E-state index in [1.54, 1.807) is 0 Å². The van der Waals surface area contributed by atoms with E-state index in [0.717, 1.165) is 18.4 Å². The number of alkyl carbamates (subject to hydrolysis) is 1. The van der Waals surface area contributed by atoms with E-state index in [4.69, 9.17) is 9.47 Å². The lowest BCUT2D eigenvalue weighted by Crippen LogP contribution is -2.57. The van der Waals surface area contributed by atoms with Crippen LogP contribution >= 0.6 is 0 Å². The summed E-state index contributed by atoms with van der Waals surface area (Å²) in [5.41, 5.74) is 2.58. The lowest BCUT2D eigenvalue weighted by molar-refractivity contribution is 0.0123. The molecule has 206 valence electrons. The molecule has 3 aliphatic rings. The van der Waals surface area contributed by atoms with Gasteiger partial charge < -0.3 is 19.7 Å². The highest BCUT2D eigenvalue weighted by Gasteiger charge is 2.45. The molecule has 0 spiro atoms. The maximum absolute atomic E-state index is 15.5. The zero-order valence-corrected chi connectivity index (χ0v) is 22.7. The van der Waals surface area contributed by atoms with Crippen molar-refractivity contribution in [3.05, 3.63) is 64.5 Å². The molecule has 39 heavy (non-hydrogen) atoms. The van der Waals surface area contributed by atoms with Crippen LogP contribution in [-0.2, 0) is 28.9 Å². The van der Waals surface area contributed by atoms with Crippen molar-refractivity contribution < 1.29 is 23.5 Å². The second-order valence-corrected chi connectivity index (χ2v) is 11.6. The summed E-state index contributed by atoms with van der Waals surface area (Å²) in [6.45, 7) is 6.78. The maximum Gasteiger partial charge on any atom is 0.410 e. The molecule has 9 heteroatoms. The number of rotatable bonds is 4. The summed E-state index contributed by atoms with van der Waals surface area (Å²) in [6, 6.07) is 12.8. The number of anilines is 1. The molecular formula is C30H35FN4O4. The van der Waals surface area contributed by atoms with Crippen LogP contribution in [0.15, 0.2) is 36.4 Å². The number of carbonyl (C=O) groups excluding carboxylic acids is 2. The zero-order chi connectivity index (χ0) is 27.7. The molecule has 1 N–H and O–H groups in total. The minimum absolute atomic E-state index is 0.0419. The number of amides is 2. The Morgan fingerprint density at radius 2 is 1.79 bits per heavy atom. The molecule has 2 aromatic carbocycles. The SMILES string of the molecule is CC(C)(C)OC(=O)N1C2CCC1CN(c1cc(F)c3c(c1C#N)CCC(NC(=O)OCc1ccccc1)C3)C2. The van der Waals surface area contributed by atoms with Crippen molar-refractivity contribution in [1.29, 1.82) is 5.26 Å². The zero-order valence-electron chi connectivity index (χ0n) is 22.7. The summed E-state index contributed by atoms with van der Waals surface area (Å²) in [5, 5.41) is 13.0. The number of nitriles is 1. The van der Waals surface area contributed by atoms with Gasteiger partial charge in [-0.15, -0.1) is 0 Å². The van der Waals surface area contributed by atoms with Crippen LogP contribution in [0, 0.1) is 17.1 Å². The summed E-state index contributed by atoms with van der Waals surface area (Å²) < 4.78 is 26.5. The number of hydrogen-bond acceptors (Lipinski definition) is 6. The van der Waals surface area contributed by atoms with Crippen LogP contribution in [0.4, 0.5) is 19.7 Å². The highest BCUT2D eigenvalue weighted by atomic mass is 19.1. The number of hydrogen-bond donors (Lipinski definition) is 1. The van der Waals surface area contributed by atoms with E-state index < -0.39 is 11.7 Å². The van der Waals surface area contributed by atoms with E-state index in [1.807, 2.05) is 56.0 Å². The van der Waals surface area contributed by atoms with Crippen LogP contribution in [0.2, 0.25) is 0 Å². The third-order valence-electron chi connectivity index (χ3n) is 7.74. The van der Waals surface area contributed by atoms with Crippen molar-refractivity contribution in [2.24, 2.45) is 0 Å². The summed E-state index contributed by atoms with van der Waals surface area (Å²) in [5.74, 6) is -0.370. The Morgan fingerprint density at radius 3 is 2.44 bits per heavy atom. The number of halogens is 1. The fraction of sp³-hybridized carbons (Fsp3) is 0.500. The third kappa shape index (κ3) is 5.80. The Bertz CT molecular complexity index is 1270. The van der Waals surface area contributed by atoms with Crippen molar-refractivity contribution >= 4 is 17.9 Å². The predicted octanol–water partition coefficient (Wildman–Crippen LogP) is 5.07. The normalized spacial score (nSPS) is 22.1. The van der Waals surface area contributed by atoms with Crippen molar-refractivity contribution in [3.8, 4) is 6.07 Å². The number of benzene rings is 2. The van der Waals surface area contributed by atoms with E-state index >= 15 is 4.39 Å². The Hall–Kier alpha value is -3.80. The summed E-state index contributed by atoms with van der Waals surface area (Å²) in [7, 11) is 0. The first kappa shape index (κ1) is 26.8. The van der Waals surface area contributed by atoms with E-state index in [-0.39, 0.29) is 36.6 Å². The average Bonchev–Trinajstić information content (AvgIpc) is 3.17. The number of nitrogens with zero attached hydrogens (tertiary/aromatic N) is 3. The molecule has 0 aromatic heterocycles. The number of piperazine rings is 1. The van der Waals surface area contributed by atoms with Crippen molar-refractivity contribution in [1.82, 2.24) is 10.2 Å². The fourth-order valence-electron chi connectivity index (χ4n) is 6.03. The largest absolute Gasteiger partial charge is 0.445 e. The minimum Gasteiger partial charge on any atom is -0.445 e. The van der Waals surface area contributed by atoms with Crippen LogP contribution < -0.4 is 10.2 Å². The van der Waals surface area contributed by atoms with Crippen LogP contribution in [-0.4, -0.2) is 53.9 Å². The van der Waals surface area contributed by atoms with Crippen molar-refractivity contribution in [2.45, 2.75) is 83.2 Å². The molecule has 2 fully saturated rings. The molecule has 2 aromatic rings. The van der Waals surface area contributed by atoms with Gasteiger partial charge in [-0.05, 0) is 75.6 Å². The highest BCUT2D eigenvalue weighted by molar-refractivity contribution is 5.72. The molecule has 3 atom stereocenters. The first-order chi connectivity index (χ1) is 18.6. The van der Waals surface area contributed by atoms with Gasteiger partial charge in [0.1, 0.15) is 24.1 Å². The second kappa shape index (κ2) is 10.8. The van der Waals surface area contributed by atoms with E-state index in [9.17, 15) is 14.9 Å². The van der Waals surface area contributed by atoms with Gasteiger partial charge in [0.25, 0.3) is 0 Å². The van der Waals surface area contributed by atoms with E-state index in [0.29, 0.717) is 54.7 Å². The molecule has 2 aliphatic heterocycles. The molecular weight excluding hydrogens is 499 g/mol. The Labute approximate surface area is 228 Å². The summed E-state index contributed by atoms with van der Waals surface area (Å²) >= 11 is 0.